The van der Waals surface area contributed by atoms with E-state index in [4.69, 9.17) is 9.47 Å². The van der Waals surface area contributed by atoms with Gasteiger partial charge in [0.1, 0.15) is 5.82 Å². The van der Waals surface area contributed by atoms with E-state index in [1.165, 1.54) is 4.57 Å². The van der Waals surface area contributed by atoms with Crippen molar-refractivity contribution >= 4 is 22.6 Å². The van der Waals surface area contributed by atoms with Crippen LogP contribution in [0.2, 0.25) is 0 Å². The van der Waals surface area contributed by atoms with Crippen LogP contribution in [0.3, 0.4) is 0 Å². The lowest BCUT2D eigenvalue weighted by Crippen LogP contribution is -2.41. The fraction of sp³-hybridized carbons (Fsp3) is 0.455. The second-order valence-corrected chi connectivity index (χ2v) is 8.17. The molecule has 0 saturated heterocycles. The topological polar surface area (TPSA) is 91.4 Å². The van der Waals surface area contributed by atoms with E-state index in [2.05, 4.69) is 25.4 Å². The van der Waals surface area contributed by atoms with Gasteiger partial charge in [0.2, 0.25) is 5.95 Å². The summed E-state index contributed by atoms with van der Waals surface area (Å²) in [5.74, 6) is 1.06. The first-order valence-electron chi connectivity index (χ1n) is 10.8. The number of pyridine rings is 1. The zero-order valence-corrected chi connectivity index (χ0v) is 18.4. The quantitative estimate of drug-likeness (QED) is 0.386. The molecule has 33 heavy (non-hydrogen) atoms. The average Bonchev–Trinajstić information content (AvgIpc) is 3.32. The molecule has 1 fully saturated rings. The van der Waals surface area contributed by atoms with Gasteiger partial charge in [0.05, 0.1) is 43.1 Å². The second-order valence-electron chi connectivity index (χ2n) is 8.17. The molecule has 11 heteroatoms. The van der Waals surface area contributed by atoms with Crippen molar-refractivity contribution in [3.63, 3.8) is 0 Å². The summed E-state index contributed by atoms with van der Waals surface area (Å²) in [4.78, 5) is 13.1. The van der Waals surface area contributed by atoms with Gasteiger partial charge in [-0.15, -0.1) is 5.10 Å². The van der Waals surface area contributed by atoms with Crippen LogP contribution < -0.4 is 5.32 Å². The Labute approximate surface area is 188 Å². The van der Waals surface area contributed by atoms with Crippen molar-refractivity contribution in [2.45, 2.75) is 44.9 Å². The SMILES string of the molecule is COCCO[C@H]1C[C@H](Nc2ncc3c(-c4cnc5nc(C)n(CC(F)F)c5c4)ccn3n2)C1. The monoisotopic (exact) mass is 457 g/mol. The maximum atomic E-state index is 13.0. The van der Waals surface area contributed by atoms with Gasteiger partial charge in [-0.25, -0.2) is 28.2 Å². The smallest absolute Gasteiger partial charge is 0.256 e. The third-order valence-corrected chi connectivity index (χ3v) is 5.91. The molecule has 1 aliphatic rings. The van der Waals surface area contributed by atoms with Crippen LogP contribution in [0.15, 0.2) is 30.7 Å². The highest BCUT2D eigenvalue weighted by molar-refractivity contribution is 5.85. The Kier molecular flexibility index (Phi) is 5.90. The van der Waals surface area contributed by atoms with Crippen molar-refractivity contribution in [3.8, 4) is 11.1 Å². The standard InChI is InChI=1S/C22H25F2N7O2/c1-13-27-21-18(30(13)12-20(23)24)7-14(10-25-21)17-3-4-31-19(17)11-26-22(29-31)28-15-8-16(9-15)33-6-5-32-2/h3-4,7,10-11,15-16,20H,5-6,8-9,12H2,1-2H3,(H,28,29)/t15-,16-. The largest absolute Gasteiger partial charge is 0.382 e. The molecule has 0 spiro atoms. The van der Waals surface area contributed by atoms with Crippen LogP contribution in [0.4, 0.5) is 14.7 Å². The minimum atomic E-state index is -2.47. The minimum absolute atomic E-state index is 0.240. The molecule has 9 nitrogen and oxygen atoms in total. The molecular weight excluding hydrogens is 432 g/mol. The summed E-state index contributed by atoms with van der Waals surface area (Å²) in [6.07, 6.45) is 4.87. The molecule has 0 amide bonds. The van der Waals surface area contributed by atoms with Crippen LogP contribution >= 0.6 is 0 Å². The molecule has 4 heterocycles. The molecule has 5 rings (SSSR count). The van der Waals surface area contributed by atoms with Gasteiger partial charge in [0.25, 0.3) is 6.43 Å². The van der Waals surface area contributed by atoms with Crippen LogP contribution in [0.1, 0.15) is 18.7 Å². The highest BCUT2D eigenvalue weighted by atomic mass is 19.3. The van der Waals surface area contributed by atoms with E-state index in [1.54, 1.807) is 30.9 Å². The first kappa shape index (κ1) is 21.7. The van der Waals surface area contributed by atoms with E-state index < -0.39 is 13.0 Å². The van der Waals surface area contributed by atoms with Crippen molar-refractivity contribution in [1.29, 1.82) is 0 Å². The number of rotatable bonds is 9. The van der Waals surface area contributed by atoms with Crippen molar-refractivity contribution in [1.82, 2.24) is 29.1 Å². The molecule has 4 aromatic rings. The zero-order chi connectivity index (χ0) is 22.9. The molecule has 0 bridgehead atoms. The molecule has 1 saturated carbocycles. The fourth-order valence-electron chi connectivity index (χ4n) is 4.15. The van der Waals surface area contributed by atoms with Gasteiger partial charge in [-0.2, -0.15) is 0 Å². The molecule has 0 aliphatic heterocycles. The lowest BCUT2D eigenvalue weighted by Gasteiger charge is -2.35. The van der Waals surface area contributed by atoms with Crippen LogP contribution in [-0.2, 0) is 16.0 Å². The summed E-state index contributed by atoms with van der Waals surface area (Å²) >= 11 is 0. The lowest BCUT2D eigenvalue weighted by atomic mass is 9.89. The first-order valence-corrected chi connectivity index (χ1v) is 10.8. The Bertz CT molecular complexity index is 1270. The van der Waals surface area contributed by atoms with Crippen LogP contribution in [0, 0.1) is 6.92 Å². The number of aromatic nitrogens is 6. The molecule has 0 radical (unpaired) electrons. The number of alkyl halides is 2. The van der Waals surface area contributed by atoms with Crippen molar-refractivity contribution in [2.24, 2.45) is 0 Å². The van der Waals surface area contributed by atoms with Gasteiger partial charge in [-0.3, -0.25) is 0 Å². The van der Waals surface area contributed by atoms with E-state index in [-0.39, 0.29) is 12.1 Å². The normalized spacial score (nSPS) is 18.3. The zero-order valence-electron chi connectivity index (χ0n) is 18.4. The van der Waals surface area contributed by atoms with Gasteiger partial charge >= 0.3 is 0 Å². The van der Waals surface area contributed by atoms with Crippen molar-refractivity contribution in [2.75, 3.05) is 25.6 Å². The second kappa shape index (κ2) is 8.99. The highest BCUT2D eigenvalue weighted by Crippen LogP contribution is 2.29. The summed E-state index contributed by atoms with van der Waals surface area (Å²) in [6, 6.07) is 4.03. The number of nitrogens with one attached hydrogen (secondary N) is 1. The van der Waals surface area contributed by atoms with Crippen molar-refractivity contribution < 1.29 is 18.3 Å². The number of anilines is 1. The number of imidazole rings is 1. The number of hydrogen-bond donors (Lipinski definition) is 1. The number of hydrogen-bond acceptors (Lipinski definition) is 7. The Morgan fingerprint density at radius 2 is 2.03 bits per heavy atom. The average molecular weight is 457 g/mol. The molecule has 0 unspecified atom stereocenters. The lowest BCUT2D eigenvalue weighted by molar-refractivity contribution is -0.0261. The van der Waals surface area contributed by atoms with Gasteiger partial charge < -0.3 is 19.4 Å². The predicted molar refractivity (Wildman–Crippen MR) is 119 cm³/mol. The van der Waals surface area contributed by atoms with Gasteiger partial charge in [0.15, 0.2) is 5.65 Å². The Morgan fingerprint density at radius 3 is 2.82 bits per heavy atom. The Morgan fingerprint density at radius 1 is 1.18 bits per heavy atom. The molecule has 4 aromatic heterocycles. The van der Waals surface area contributed by atoms with Gasteiger partial charge in [-0.05, 0) is 31.9 Å². The molecule has 0 aromatic carbocycles. The molecule has 1 N–H and O–H groups in total. The predicted octanol–water partition coefficient (Wildman–Crippen LogP) is 3.32. The maximum Gasteiger partial charge on any atom is 0.256 e. The Hall–Kier alpha value is -3.18. The number of nitrogens with zero attached hydrogens (tertiary/aromatic N) is 6. The molecular formula is C22H25F2N7O2. The van der Waals surface area contributed by atoms with Crippen LogP contribution in [0.5, 0.6) is 0 Å². The highest BCUT2D eigenvalue weighted by Gasteiger charge is 2.30. The third-order valence-electron chi connectivity index (χ3n) is 5.91. The Balaban J connectivity index is 1.33. The van der Waals surface area contributed by atoms with E-state index in [0.717, 1.165) is 29.5 Å². The number of methoxy groups -OCH3 is 1. The van der Waals surface area contributed by atoms with Crippen LogP contribution in [-0.4, -0.2) is 68.0 Å². The maximum absolute atomic E-state index is 13.0. The van der Waals surface area contributed by atoms with E-state index in [0.29, 0.717) is 36.2 Å². The molecule has 0 atom stereocenters. The summed E-state index contributed by atoms with van der Waals surface area (Å²) in [7, 11) is 1.66. The first-order chi connectivity index (χ1) is 16.0. The summed E-state index contributed by atoms with van der Waals surface area (Å²) in [5.41, 5.74) is 3.49. The van der Waals surface area contributed by atoms with E-state index in [9.17, 15) is 8.78 Å². The summed E-state index contributed by atoms with van der Waals surface area (Å²) in [5, 5.41) is 7.91. The van der Waals surface area contributed by atoms with Gasteiger partial charge in [0, 0.05) is 36.7 Å². The minimum Gasteiger partial charge on any atom is -0.382 e. The fourth-order valence-corrected chi connectivity index (χ4v) is 4.15. The van der Waals surface area contributed by atoms with E-state index >= 15 is 0 Å². The summed E-state index contributed by atoms with van der Waals surface area (Å²) < 4.78 is 40.0. The number of ether oxygens (including phenoxy) is 2. The molecule has 174 valence electrons. The summed E-state index contributed by atoms with van der Waals surface area (Å²) in [6.45, 7) is 2.49. The van der Waals surface area contributed by atoms with E-state index in [1.807, 2.05) is 18.3 Å². The van der Waals surface area contributed by atoms with Crippen LogP contribution in [0.25, 0.3) is 27.8 Å². The molecule has 1 aliphatic carbocycles. The third kappa shape index (κ3) is 4.38. The number of aryl methyl sites for hydroxylation is 1. The number of halogens is 2. The van der Waals surface area contributed by atoms with Crippen molar-refractivity contribution in [3.05, 3.63) is 36.5 Å². The number of fused-ring (bicyclic) bond motifs is 2. The van der Waals surface area contributed by atoms with Gasteiger partial charge in [-0.1, -0.05) is 0 Å².